The lowest BCUT2D eigenvalue weighted by Gasteiger charge is -2.32. The first-order chi connectivity index (χ1) is 11.5. The minimum absolute atomic E-state index is 0.135. The van der Waals surface area contributed by atoms with Crippen LogP contribution >= 0.6 is 0 Å². The lowest BCUT2D eigenvalue weighted by molar-refractivity contribution is 0.0769. The summed E-state index contributed by atoms with van der Waals surface area (Å²) in [5.41, 5.74) is 1.95. The van der Waals surface area contributed by atoms with Gasteiger partial charge in [0.1, 0.15) is 5.82 Å². The van der Waals surface area contributed by atoms with Crippen molar-refractivity contribution in [1.29, 1.82) is 0 Å². The number of nitrogens with one attached hydrogen (secondary N) is 1. The van der Waals surface area contributed by atoms with Crippen molar-refractivity contribution in [3.63, 3.8) is 0 Å². The van der Waals surface area contributed by atoms with Gasteiger partial charge in [0, 0.05) is 24.8 Å². The Labute approximate surface area is 139 Å². The normalized spacial score (nSPS) is 16.7. The zero-order chi connectivity index (χ0) is 17.1. The molecular weight excluding hydrogens is 314 g/mol. The zero-order valence-corrected chi connectivity index (χ0v) is 13.9. The molecule has 0 spiro atoms. The monoisotopic (exact) mass is 336 g/mol. The van der Waals surface area contributed by atoms with Crippen LogP contribution in [0.25, 0.3) is 5.82 Å². The molecule has 1 N–H and O–H groups in total. The quantitative estimate of drug-likeness (QED) is 0.909. The van der Waals surface area contributed by atoms with Crippen LogP contribution in [0.4, 0.5) is 14.6 Å². The van der Waals surface area contributed by atoms with Crippen molar-refractivity contribution in [1.82, 2.24) is 24.9 Å². The molecule has 0 saturated carbocycles. The molecule has 130 valence electrons. The van der Waals surface area contributed by atoms with Crippen molar-refractivity contribution in [2.24, 2.45) is 0 Å². The van der Waals surface area contributed by atoms with E-state index in [1.165, 1.54) is 0 Å². The Kier molecular flexibility index (Phi) is 5.03. The second-order valence-electron chi connectivity index (χ2n) is 6.23. The Morgan fingerprint density at radius 3 is 2.50 bits per heavy atom. The maximum atomic E-state index is 12.4. The van der Waals surface area contributed by atoms with Crippen molar-refractivity contribution in [3.05, 3.63) is 29.6 Å². The molecule has 0 aliphatic carbocycles. The van der Waals surface area contributed by atoms with Gasteiger partial charge in [-0.1, -0.05) is 0 Å². The average molecular weight is 336 g/mol. The van der Waals surface area contributed by atoms with Crippen molar-refractivity contribution in [2.45, 2.75) is 39.2 Å². The van der Waals surface area contributed by atoms with Gasteiger partial charge in [-0.25, -0.2) is 13.5 Å². The van der Waals surface area contributed by atoms with Gasteiger partial charge in [0.25, 0.3) is 6.43 Å². The maximum absolute atomic E-state index is 12.4. The van der Waals surface area contributed by atoms with E-state index in [-0.39, 0.29) is 12.6 Å². The van der Waals surface area contributed by atoms with E-state index in [0.29, 0.717) is 24.7 Å². The largest absolute Gasteiger partial charge is 0.366 e. The number of piperidine rings is 1. The molecule has 3 rings (SSSR count). The molecule has 0 radical (unpaired) electrons. The molecule has 0 aromatic carbocycles. The lowest BCUT2D eigenvalue weighted by atomic mass is 10.1. The summed E-state index contributed by atoms with van der Waals surface area (Å²) in [4.78, 5) is 1.81. The standard InChI is InChI=1S/C16H22F2N6/c1-11-9-12(2)24(22-11)16-4-3-15(20-21-16)19-13-5-7-23(8-6-13)10-14(17)18/h3-4,9,13-14H,5-8,10H2,1-2H3,(H,19,20). The Morgan fingerprint density at radius 2 is 1.96 bits per heavy atom. The number of aryl methyl sites for hydroxylation is 2. The Hall–Kier alpha value is -2.09. The molecule has 1 aliphatic rings. The van der Waals surface area contributed by atoms with E-state index in [1.54, 1.807) is 9.58 Å². The van der Waals surface area contributed by atoms with Gasteiger partial charge in [-0.3, -0.25) is 4.90 Å². The van der Waals surface area contributed by atoms with Gasteiger partial charge in [0.2, 0.25) is 0 Å². The van der Waals surface area contributed by atoms with Gasteiger partial charge in [-0.05, 0) is 44.9 Å². The minimum Gasteiger partial charge on any atom is -0.366 e. The molecule has 24 heavy (non-hydrogen) atoms. The number of rotatable bonds is 5. The van der Waals surface area contributed by atoms with Crippen LogP contribution in [0.1, 0.15) is 24.2 Å². The average Bonchev–Trinajstić information content (AvgIpc) is 2.88. The second-order valence-corrected chi connectivity index (χ2v) is 6.23. The highest BCUT2D eigenvalue weighted by molar-refractivity contribution is 5.38. The fourth-order valence-electron chi connectivity index (χ4n) is 3.04. The summed E-state index contributed by atoms with van der Waals surface area (Å²) in [6.45, 7) is 5.14. The first kappa shape index (κ1) is 16.8. The van der Waals surface area contributed by atoms with E-state index in [2.05, 4.69) is 20.6 Å². The summed E-state index contributed by atoms with van der Waals surface area (Å²) >= 11 is 0. The third-order valence-electron chi connectivity index (χ3n) is 4.21. The molecule has 1 aliphatic heterocycles. The highest BCUT2D eigenvalue weighted by Crippen LogP contribution is 2.17. The SMILES string of the molecule is Cc1cc(C)n(-c2ccc(NC3CCN(CC(F)F)CC3)nn2)n1. The Morgan fingerprint density at radius 1 is 1.21 bits per heavy atom. The molecule has 8 heteroatoms. The molecule has 0 bridgehead atoms. The molecule has 6 nitrogen and oxygen atoms in total. The van der Waals surface area contributed by atoms with Crippen LogP contribution in [0.15, 0.2) is 18.2 Å². The summed E-state index contributed by atoms with van der Waals surface area (Å²) < 4.78 is 26.5. The molecule has 0 atom stereocenters. The third-order valence-corrected chi connectivity index (χ3v) is 4.21. The second kappa shape index (κ2) is 7.21. The highest BCUT2D eigenvalue weighted by atomic mass is 19.3. The van der Waals surface area contributed by atoms with Crippen LogP contribution < -0.4 is 5.32 Å². The number of halogens is 2. The van der Waals surface area contributed by atoms with Crippen LogP contribution in [-0.2, 0) is 0 Å². The number of likely N-dealkylation sites (tertiary alicyclic amines) is 1. The van der Waals surface area contributed by atoms with Gasteiger partial charge < -0.3 is 5.32 Å². The van der Waals surface area contributed by atoms with Crippen molar-refractivity contribution in [3.8, 4) is 5.82 Å². The summed E-state index contributed by atoms with van der Waals surface area (Å²) in [7, 11) is 0. The van der Waals surface area contributed by atoms with Gasteiger partial charge >= 0.3 is 0 Å². The molecule has 1 fully saturated rings. The number of hydrogen-bond donors (Lipinski definition) is 1. The highest BCUT2D eigenvalue weighted by Gasteiger charge is 2.21. The minimum atomic E-state index is -2.26. The van der Waals surface area contributed by atoms with Crippen molar-refractivity contribution >= 4 is 5.82 Å². The predicted octanol–water partition coefficient (Wildman–Crippen LogP) is 2.42. The number of aromatic nitrogens is 4. The molecular formula is C16H22F2N6. The van der Waals surface area contributed by atoms with Crippen LogP contribution in [0, 0.1) is 13.8 Å². The number of anilines is 1. The number of nitrogens with zero attached hydrogens (tertiary/aromatic N) is 5. The smallest absolute Gasteiger partial charge is 0.251 e. The summed E-state index contributed by atoms with van der Waals surface area (Å²) in [5.74, 6) is 1.38. The first-order valence-electron chi connectivity index (χ1n) is 8.15. The summed E-state index contributed by atoms with van der Waals surface area (Å²) in [6, 6.07) is 5.99. The van der Waals surface area contributed by atoms with Gasteiger partial charge in [0.15, 0.2) is 5.82 Å². The lowest BCUT2D eigenvalue weighted by Crippen LogP contribution is -2.41. The summed E-state index contributed by atoms with van der Waals surface area (Å²) in [6.07, 6.45) is -0.608. The Bertz CT molecular complexity index is 662. The number of hydrogen-bond acceptors (Lipinski definition) is 5. The predicted molar refractivity (Wildman–Crippen MR) is 87.7 cm³/mol. The van der Waals surface area contributed by atoms with Gasteiger partial charge in [-0.2, -0.15) is 5.10 Å². The van der Waals surface area contributed by atoms with Gasteiger partial charge in [-0.15, -0.1) is 10.2 Å². The first-order valence-corrected chi connectivity index (χ1v) is 8.15. The topological polar surface area (TPSA) is 58.9 Å². The fourth-order valence-corrected chi connectivity index (χ4v) is 3.04. The maximum Gasteiger partial charge on any atom is 0.251 e. The van der Waals surface area contributed by atoms with E-state index in [4.69, 9.17) is 0 Å². The zero-order valence-electron chi connectivity index (χ0n) is 13.9. The van der Waals surface area contributed by atoms with Crippen LogP contribution in [0.5, 0.6) is 0 Å². The molecule has 2 aromatic rings. The van der Waals surface area contributed by atoms with Crippen LogP contribution in [0.3, 0.4) is 0 Å². The van der Waals surface area contributed by atoms with E-state index in [0.717, 1.165) is 24.2 Å². The number of alkyl halides is 2. The Balaban J connectivity index is 1.56. The van der Waals surface area contributed by atoms with E-state index in [9.17, 15) is 8.78 Å². The molecule has 3 heterocycles. The van der Waals surface area contributed by atoms with Gasteiger partial charge in [0.05, 0.1) is 12.2 Å². The van der Waals surface area contributed by atoms with Crippen molar-refractivity contribution in [2.75, 3.05) is 25.0 Å². The third kappa shape index (κ3) is 4.05. The van der Waals surface area contributed by atoms with Crippen molar-refractivity contribution < 1.29 is 8.78 Å². The van der Waals surface area contributed by atoms with Crippen LogP contribution in [-0.4, -0.2) is 57.0 Å². The van der Waals surface area contributed by atoms with Crippen LogP contribution in [0.2, 0.25) is 0 Å². The van der Waals surface area contributed by atoms with E-state index >= 15 is 0 Å². The molecule has 2 aromatic heterocycles. The molecule has 0 unspecified atom stereocenters. The molecule has 0 amide bonds. The molecule has 1 saturated heterocycles. The van der Waals surface area contributed by atoms with E-state index in [1.807, 2.05) is 32.0 Å². The van der Waals surface area contributed by atoms with E-state index < -0.39 is 6.43 Å². The summed E-state index contributed by atoms with van der Waals surface area (Å²) in [5, 5.41) is 16.2. The fraction of sp³-hybridized carbons (Fsp3) is 0.562.